The van der Waals surface area contributed by atoms with Crippen LogP contribution in [0.25, 0.3) is 0 Å². The molecule has 3 rings (SSSR count). The van der Waals surface area contributed by atoms with E-state index in [2.05, 4.69) is 15.4 Å². The second kappa shape index (κ2) is 6.31. The van der Waals surface area contributed by atoms with Gasteiger partial charge in [0.1, 0.15) is 11.4 Å². The highest BCUT2D eigenvalue weighted by atomic mass is 16.5. The molecule has 1 amide bonds. The topological polar surface area (TPSA) is 69.0 Å². The molecule has 0 bridgehead atoms. The Bertz CT molecular complexity index is 813. The zero-order chi connectivity index (χ0) is 16.2. The Morgan fingerprint density at radius 1 is 1.17 bits per heavy atom. The second-order valence-corrected chi connectivity index (χ2v) is 5.00. The third kappa shape index (κ3) is 3.21. The van der Waals surface area contributed by atoms with Gasteiger partial charge in [0.2, 0.25) is 5.88 Å². The van der Waals surface area contributed by atoms with Crippen LogP contribution in [0.2, 0.25) is 0 Å². The van der Waals surface area contributed by atoms with Gasteiger partial charge in [0, 0.05) is 18.8 Å². The van der Waals surface area contributed by atoms with Crippen molar-refractivity contribution in [3.05, 3.63) is 66.1 Å². The Labute approximate surface area is 133 Å². The van der Waals surface area contributed by atoms with Crippen molar-refractivity contribution in [2.45, 2.75) is 6.92 Å². The van der Waals surface area contributed by atoms with Gasteiger partial charge in [-0.25, -0.2) is 4.68 Å². The number of nitrogens with zero attached hydrogens (tertiary/aromatic N) is 3. The molecule has 0 fully saturated rings. The van der Waals surface area contributed by atoms with E-state index < -0.39 is 0 Å². The minimum absolute atomic E-state index is 0.210. The van der Waals surface area contributed by atoms with Crippen molar-refractivity contribution in [2.75, 3.05) is 5.32 Å². The Morgan fingerprint density at radius 2 is 1.96 bits per heavy atom. The summed E-state index contributed by atoms with van der Waals surface area (Å²) < 4.78 is 7.41. The summed E-state index contributed by atoms with van der Waals surface area (Å²) in [4.78, 5) is 16.4. The molecule has 0 saturated carbocycles. The molecule has 2 aromatic heterocycles. The van der Waals surface area contributed by atoms with Crippen molar-refractivity contribution in [2.24, 2.45) is 7.05 Å². The first kappa shape index (κ1) is 14.8. The first-order valence-electron chi connectivity index (χ1n) is 7.13. The summed E-state index contributed by atoms with van der Waals surface area (Å²) in [6, 6.07) is 12.6. The minimum Gasteiger partial charge on any atom is -0.436 e. The number of aryl methyl sites for hydroxylation is 2. The van der Waals surface area contributed by atoms with Crippen LogP contribution >= 0.6 is 0 Å². The number of pyridine rings is 1. The zero-order valence-electron chi connectivity index (χ0n) is 12.9. The summed E-state index contributed by atoms with van der Waals surface area (Å²) in [5, 5.41) is 7.18. The SMILES string of the molecule is Cc1nn(C)c(Oc2cccnc2)c1NC(=O)c1ccccc1. The molecular formula is C17H16N4O2. The average Bonchev–Trinajstić information content (AvgIpc) is 2.83. The molecule has 0 saturated heterocycles. The van der Waals surface area contributed by atoms with E-state index >= 15 is 0 Å². The molecule has 0 aliphatic carbocycles. The minimum atomic E-state index is -0.210. The Kier molecular flexibility index (Phi) is 4.05. The molecule has 2 heterocycles. The van der Waals surface area contributed by atoms with Crippen LogP contribution in [0.3, 0.4) is 0 Å². The van der Waals surface area contributed by atoms with Gasteiger partial charge < -0.3 is 10.1 Å². The molecule has 3 aromatic rings. The lowest BCUT2D eigenvalue weighted by molar-refractivity contribution is 0.102. The van der Waals surface area contributed by atoms with Crippen LogP contribution in [0, 0.1) is 6.92 Å². The van der Waals surface area contributed by atoms with E-state index in [9.17, 15) is 4.79 Å². The van der Waals surface area contributed by atoms with Gasteiger partial charge in [0.05, 0.1) is 11.9 Å². The summed E-state index contributed by atoms with van der Waals surface area (Å²) in [5.41, 5.74) is 1.80. The lowest BCUT2D eigenvalue weighted by Gasteiger charge is -2.09. The maximum atomic E-state index is 12.4. The molecule has 116 valence electrons. The molecule has 1 N–H and O–H groups in total. The number of amides is 1. The molecule has 0 aliphatic heterocycles. The fraction of sp³-hybridized carbons (Fsp3) is 0.118. The summed E-state index contributed by atoms with van der Waals surface area (Å²) in [7, 11) is 1.76. The standard InChI is InChI=1S/C17H16N4O2/c1-12-15(19-16(22)13-7-4-3-5-8-13)17(21(2)20-12)23-14-9-6-10-18-11-14/h3-11H,1-2H3,(H,19,22). The fourth-order valence-electron chi connectivity index (χ4n) is 2.19. The maximum absolute atomic E-state index is 12.4. The molecule has 0 atom stereocenters. The number of ether oxygens (including phenoxy) is 1. The van der Waals surface area contributed by atoms with E-state index in [0.717, 1.165) is 0 Å². The third-order valence-corrected chi connectivity index (χ3v) is 3.29. The fourth-order valence-corrected chi connectivity index (χ4v) is 2.19. The second-order valence-electron chi connectivity index (χ2n) is 5.00. The van der Waals surface area contributed by atoms with Crippen LogP contribution in [0.1, 0.15) is 16.1 Å². The molecular weight excluding hydrogens is 292 g/mol. The summed E-state index contributed by atoms with van der Waals surface area (Å²) in [6.07, 6.45) is 3.27. The van der Waals surface area contributed by atoms with Gasteiger partial charge in [0.25, 0.3) is 5.91 Å². The average molecular weight is 308 g/mol. The van der Waals surface area contributed by atoms with E-state index in [4.69, 9.17) is 4.74 Å². The summed E-state index contributed by atoms with van der Waals surface area (Å²) in [6.45, 7) is 1.82. The van der Waals surface area contributed by atoms with E-state index in [-0.39, 0.29) is 5.91 Å². The predicted molar refractivity (Wildman–Crippen MR) is 86.7 cm³/mol. The van der Waals surface area contributed by atoms with Crippen molar-refractivity contribution < 1.29 is 9.53 Å². The van der Waals surface area contributed by atoms with Crippen LogP contribution in [-0.4, -0.2) is 20.7 Å². The monoisotopic (exact) mass is 308 g/mol. The third-order valence-electron chi connectivity index (χ3n) is 3.29. The van der Waals surface area contributed by atoms with Gasteiger partial charge in [-0.1, -0.05) is 18.2 Å². The van der Waals surface area contributed by atoms with Gasteiger partial charge in [-0.05, 0) is 31.2 Å². The highest BCUT2D eigenvalue weighted by molar-refractivity contribution is 6.05. The van der Waals surface area contributed by atoms with Crippen molar-refractivity contribution >= 4 is 11.6 Å². The largest absolute Gasteiger partial charge is 0.436 e. The molecule has 0 spiro atoms. The Balaban J connectivity index is 1.89. The number of nitrogens with one attached hydrogen (secondary N) is 1. The number of benzene rings is 1. The van der Waals surface area contributed by atoms with Crippen LogP contribution in [0.5, 0.6) is 11.6 Å². The summed E-state index contributed by atoms with van der Waals surface area (Å²) in [5.74, 6) is 0.822. The van der Waals surface area contributed by atoms with Gasteiger partial charge >= 0.3 is 0 Å². The van der Waals surface area contributed by atoms with Gasteiger partial charge in [-0.2, -0.15) is 5.10 Å². The van der Waals surface area contributed by atoms with Crippen LogP contribution in [-0.2, 0) is 7.05 Å². The normalized spacial score (nSPS) is 10.3. The highest BCUT2D eigenvalue weighted by Gasteiger charge is 2.18. The number of rotatable bonds is 4. The molecule has 0 aliphatic rings. The summed E-state index contributed by atoms with van der Waals surface area (Å²) >= 11 is 0. The first-order chi connectivity index (χ1) is 11.1. The van der Waals surface area contributed by atoms with Crippen molar-refractivity contribution in [3.63, 3.8) is 0 Å². The van der Waals surface area contributed by atoms with Crippen molar-refractivity contribution in [1.82, 2.24) is 14.8 Å². The molecule has 0 unspecified atom stereocenters. The maximum Gasteiger partial charge on any atom is 0.255 e. The lowest BCUT2D eigenvalue weighted by Crippen LogP contribution is -2.12. The molecule has 6 heteroatoms. The predicted octanol–water partition coefficient (Wildman–Crippen LogP) is 3.17. The number of aromatic nitrogens is 3. The Hall–Kier alpha value is -3.15. The van der Waals surface area contributed by atoms with Gasteiger partial charge in [0.15, 0.2) is 0 Å². The van der Waals surface area contributed by atoms with Crippen molar-refractivity contribution in [1.29, 1.82) is 0 Å². The number of carbonyl (C=O) groups excluding carboxylic acids is 1. The molecule has 23 heavy (non-hydrogen) atoms. The van der Waals surface area contributed by atoms with Crippen LogP contribution in [0.4, 0.5) is 5.69 Å². The van der Waals surface area contributed by atoms with E-state index in [1.807, 2.05) is 25.1 Å². The first-order valence-corrected chi connectivity index (χ1v) is 7.13. The molecule has 6 nitrogen and oxygen atoms in total. The highest BCUT2D eigenvalue weighted by Crippen LogP contribution is 2.31. The molecule has 0 radical (unpaired) electrons. The van der Waals surface area contributed by atoms with Crippen LogP contribution in [0.15, 0.2) is 54.9 Å². The smallest absolute Gasteiger partial charge is 0.255 e. The quantitative estimate of drug-likeness (QED) is 0.803. The number of hydrogen-bond donors (Lipinski definition) is 1. The van der Waals surface area contributed by atoms with Crippen LogP contribution < -0.4 is 10.1 Å². The Morgan fingerprint density at radius 3 is 2.65 bits per heavy atom. The lowest BCUT2D eigenvalue weighted by atomic mass is 10.2. The molecule has 1 aromatic carbocycles. The van der Waals surface area contributed by atoms with Gasteiger partial charge in [-0.3, -0.25) is 9.78 Å². The van der Waals surface area contributed by atoms with Crippen molar-refractivity contribution in [3.8, 4) is 11.6 Å². The number of anilines is 1. The van der Waals surface area contributed by atoms with E-state index in [0.29, 0.717) is 28.6 Å². The van der Waals surface area contributed by atoms with E-state index in [1.54, 1.807) is 48.4 Å². The number of carbonyl (C=O) groups is 1. The number of hydrogen-bond acceptors (Lipinski definition) is 4. The zero-order valence-corrected chi connectivity index (χ0v) is 12.9. The van der Waals surface area contributed by atoms with E-state index in [1.165, 1.54) is 0 Å². The van der Waals surface area contributed by atoms with Gasteiger partial charge in [-0.15, -0.1) is 0 Å².